The Morgan fingerprint density at radius 1 is 1.03 bits per heavy atom. The molecular weight excluding hydrogens is 391 g/mol. The summed E-state index contributed by atoms with van der Waals surface area (Å²) in [5, 5.41) is 0.299. The normalized spacial score (nSPS) is 14.3. The lowest BCUT2D eigenvalue weighted by atomic mass is 10.1. The average molecular weight is 407 g/mol. The zero-order valence-electron chi connectivity index (χ0n) is 15.3. The molecule has 0 unspecified atom stereocenters. The predicted octanol–water partition coefficient (Wildman–Crippen LogP) is 6.23. The Kier molecular flexibility index (Phi) is 5.45. The van der Waals surface area contributed by atoms with Gasteiger partial charge in [-0.15, -0.1) is 0 Å². The highest BCUT2D eigenvalue weighted by Crippen LogP contribution is 2.34. The van der Waals surface area contributed by atoms with Crippen LogP contribution < -0.4 is 9.47 Å². The van der Waals surface area contributed by atoms with E-state index in [1.807, 2.05) is 36.4 Å². The SMILES string of the molecule is O=C1C(=CC=Cc2ccccc2)Oc2cc(OCc3c(F)cccc3Cl)ccc21. The van der Waals surface area contributed by atoms with E-state index in [1.165, 1.54) is 12.1 Å². The lowest BCUT2D eigenvalue weighted by molar-refractivity contribution is 0.101. The second-order valence-corrected chi connectivity index (χ2v) is 6.79. The molecule has 0 radical (unpaired) electrons. The summed E-state index contributed by atoms with van der Waals surface area (Å²) in [6, 6.07) is 19.1. The quantitative estimate of drug-likeness (QED) is 0.471. The number of Topliss-reactive ketones (excluding diaryl/α,β-unsaturated/α-hetero) is 1. The van der Waals surface area contributed by atoms with Crippen molar-refractivity contribution in [3.8, 4) is 11.5 Å². The Hall–Kier alpha value is -3.37. The van der Waals surface area contributed by atoms with Gasteiger partial charge in [0.2, 0.25) is 5.78 Å². The van der Waals surface area contributed by atoms with Crippen molar-refractivity contribution >= 4 is 23.5 Å². The van der Waals surface area contributed by atoms with Crippen LogP contribution in [0.4, 0.5) is 4.39 Å². The van der Waals surface area contributed by atoms with Gasteiger partial charge in [0.1, 0.15) is 23.9 Å². The first-order chi connectivity index (χ1) is 14.1. The second kappa shape index (κ2) is 8.33. The van der Waals surface area contributed by atoms with E-state index in [0.717, 1.165) is 5.56 Å². The summed E-state index contributed by atoms with van der Waals surface area (Å²) in [5.41, 5.74) is 1.76. The largest absolute Gasteiger partial charge is 0.489 e. The minimum absolute atomic E-state index is 0.0270. The molecule has 0 saturated heterocycles. The summed E-state index contributed by atoms with van der Waals surface area (Å²) < 4.78 is 25.2. The van der Waals surface area contributed by atoms with Crippen LogP contribution in [0.1, 0.15) is 21.5 Å². The highest BCUT2D eigenvalue weighted by molar-refractivity contribution is 6.31. The summed E-state index contributed by atoms with van der Waals surface area (Å²) in [6.07, 6.45) is 5.29. The molecule has 4 rings (SSSR count). The van der Waals surface area contributed by atoms with Crippen LogP contribution in [-0.4, -0.2) is 5.78 Å². The van der Waals surface area contributed by atoms with Crippen molar-refractivity contribution in [1.29, 1.82) is 0 Å². The minimum Gasteiger partial charge on any atom is -0.489 e. The molecule has 0 fully saturated rings. The monoisotopic (exact) mass is 406 g/mol. The van der Waals surface area contributed by atoms with Gasteiger partial charge >= 0.3 is 0 Å². The summed E-state index contributed by atoms with van der Waals surface area (Å²) in [4.78, 5) is 12.5. The topological polar surface area (TPSA) is 35.5 Å². The van der Waals surface area contributed by atoms with Crippen molar-refractivity contribution in [2.75, 3.05) is 0 Å². The number of rotatable bonds is 5. The van der Waals surface area contributed by atoms with E-state index in [0.29, 0.717) is 22.1 Å². The molecule has 0 amide bonds. The van der Waals surface area contributed by atoms with Crippen molar-refractivity contribution in [2.45, 2.75) is 6.61 Å². The molecule has 0 spiro atoms. The number of carbonyl (C=O) groups is 1. The Balaban J connectivity index is 1.47. The lowest BCUT2D eigenvalue weighted by Gasteiger charge is -2.09. The number of ether oxygens (including phenoxy) is 2. The van der Waals surface area contributed by atoms with Gasteiger partial charge in [-0.05, 0) is 35.9 Å². The van der Waals surface area contributed by atoms with E-state index in [2.05, 4.69) is 0 Å². The molecule has 0 N–H and O–H groups in total. The third-order valence-electron chi connectivity index (χ3n) is 4.42. The fourth-order valence-corrected chi connectivity index (χ4v) is 3.13. The van der Waals surface area contributed by atoms with E-state index in [1.54, 1.807) is 36.4 Å². The van der Waals surface area contributed by atoms with Gasteiger partial charge in [-0.25, -0.2) is 4.39 Å². The van der Waals surface area contributed by atoms with Crippen LogP contribution in [-0.2, 0) is 6.61 Å². The highest BCUT2D eigenvalue weighted by Gasteiger charge is 2.27. The number of ketones is 1. The molecular formula is C24H16ClFO3. The van der Waals surface area contributed by atoms with Gasteiger partial charge in [-0.2, -0.15) is 0 Å². The summed E-state index contributed by atoms with van der Waals surface area (Å²) >= 11 is 6.02. The first kappa shape index (κ1) is 19.0. The number of fused-ring (bicyclic) bond motifs is 1. The van der Waals surface area contributed by atoms with Crippen LogP contribution in [0.15, 0.2) is 84.6 Å². The first-order valence-electron chi connectivity index (χ1n) is 8.97. The number of hydrogen-bond acceptors (Lipinski definition) is 3. The molecule has 3 aromatic carbocycles. The summed E-state index contributed by atoms with van der Waals surface area (Å²) in [7, 11) is 0. The van der Waals surface area contributed by atoms with E-state index in [4.69, 9.17) is 21.1 Å². The molecule has 3 nitrogen and oxygen atoms in total. The fraction of sp³-hybridized carbons (Fsp3) is 0.0417. The van der Waals surface area contributed by atoms with Gasteiger partial charge in [0, 0.05) is 11.6 Å². The predicted molar refractivity (Wildman–Crippen MR) is 111 cm³/mol. The maximum absolute atomic E-state index is 13.9. The van der Waals surface area contributed by atoms with Crippen LogP contribution in [0, 0.1) is 5.82 Å². The number of benzene rings is 3. The van der Waals surface area contributed by atoms with E-state index in [9.17, 15) is 9.18 Å². The number of hydrogen-bond donors (Lipinski definition) is 0. The van der Waals surface area contributed by atoms with Crippen LogP contribution in [0.5, 0.6) is 11.5 Å². The molecule has 5 heteroatoms. The number of carbonyl (C=O) groups excluding carboxylic acids is 1. The van der Waals surface area contributed by atoms with Crippen molar-refractivity contribution in [2.24, 2.45) is 0 Å². The fourth-order valence-electron chi connectivity index (χ4n) is 2.91. The van der Waals surface area contributed by atoms with Gasteiger partial charge < -0.3 is 9.47 Å². The molecule has 0 aromatic heterocycles. The van der Waals surface area contributed by atoms with Crippen LogP contribution in [0.3, 0.4) is 0 Å². The van der Waals surface area contributed by atoms with Crippen LogP contribution >= 0.6 is 11.6 Å². The Labute approximate surface area is 172 Å². The van der Waals surface area contributed by atoms with Crippen molar-refractivity contribution in [3.05, 3.63) is 112 Å². The smallest absolute Gasteiger partial charge is 0.231 e. The van der Waals surface area contributed by atoms with Gasteiger partial charge in [0.05, 0.1) is 10.6 Å². The third-order valence-corrected chi connectivity index (χ3v) is 4.78. The molecule has 3 aromatic rings. The van der Waals surface area contributed by atoms with Crippen LogP contribution in [0.25, 0.3) is 6.08 Å². The molecule has 0 bridgehead atoms. The molecule has 0 aliphatic carbocycles. The second-order valence-electron chi connectivity index (χ2n) is 6.38. The third kappa shape index (κ3) is 4.23. The molecule has 0 atom stereocenters. The molecule has 1 aliphatic rings. The number of allylic oxidation sites excluding steroid dienone is 3. The number of halogens is 2. The molecule has 1 heterocycles. The maximum atomic E-state index is 13.9. The average Bonchev–Trinajstić information content (AvgIpc) is 3.03. The summed E-state index contributed by atoms with van der Waals surface area (Å²) in [6.45, 7) is -0.0270. The van der Waals surface area contributed by atoms with Crippen molar-refractivity contribution in [3.63, 3.8) is 0 Å². The zero-order valence-corrected chi connectivity index (χ0v) is 16.0. The molecule has 1 aliphatic heterocycles. The zero-order chi connectivity index (χ0) is 20.2. The van der Waals surface area contributed by atoms with Crippen molar-refractivity contribution < 1.29 is 18.7 Å². The highest BCUT2D eigenvalue weighted by atomic mass is 35.5. The van der Waals surface area contributed by atoms with Gasteiger partial charge in [-0.3, -0.25) is 4.79 Å². The van der Waals surface area contributed by atoms with E-state index < -0.39 is 5.82 Å². The van der Waals surface area contributed by atoms with Gasteiger partial charge in [-0.1, -0.05) is 60.2 Å². The molecule has 0 saturated carbocycles. The van der Waals surface area contributed by atoms with Crippen molar-refractivity contribution in [1.82, 2.24) is 0 Å². The Morgan fingerprint density at radius 3 is 2.66 bits per heavy atom. The first-order valence-corrected chi connectivity index (χ1v) is 9.35. The van der Waals surface area contributed by atoms with Gasteiger partial charge in [0.15, 0.2) is 5.76 Å². The molecule has 29 heavy (non-hydrogen) atoms. The Bertz CT molecular complexity index is 1100. The molecule has 144 valence electrons. The summed E-state index contributed by atoms with van der Waals surface area (Å²) in [5.74, 6) is 0.479. The maximum Gasteiger partial charge on any atom is 0.231 e. The Morgan fingerprint density at radius 2 is 1.86 bits per heavy atom. The van der Waals surface area contributed by atoms with Gasteiger partial charge in [0.25, 0.3) is 0 Å². The van der Waals surface area contributed by atoms with E-state index in [-0.39, 0.29) is 23.7 Å². The van der Waals surface area contributed by atoms with E-state index >= 15 is 0 Å². The van der Waals surface area contributed by atoms with Crippen LogP contribution in [0.2, 0.25) is 5.02 Å². The standard InChI is InChI=1S/C24H16ClFO3/c25-20-9-5-10-21(26)19(20)15-28-17-12-13-18-23(14-17)29-22(24(18)27)11-4-8-16-6-2-1-3-7-16/h1-14H,15H2. The lowest BCUT2D eigenvalue weighted by Crippen LogP contribution is -1.99. The minimum atomic E-state index is -0.430.